The van der Waals surface area contributed by atoms with E-state index in [1.165, 1.54) is 6.42 Å². The van der Waals surface area contributed by atoms with Gasteiger partial charge >= 0.3 is 0 Å². The van der Waals surface area contributed by atoms with E-state index in [-0.39, 0.29) is 6.10 Å². The first-order valence-electron chi connectivity index (χ1n) is 7.02. The molecule has 18 heavy (non-hydrogen) atoms. The third kappa shape index (κ3) is 6.14. The second-order valence-electron chi connectivity index (χ2n) is 5.92. The lowest BCUT2D eigenvalue weighted by Crippen LogP contribution is -2.44. The van der Waals surface area contributed by atoms with Crippen molar-refractivity contribution in [3.63, 3.8) is 0 Å². The van der Waals surface area contributed by atoms with Crippen LogP contribution in [0.4, 0.5) is 0 Å². The van der Waals surface area contributed by atoms with Crippen molar-refractivity contribution < 1.29 is 14.6 Å². The quantitative estimate of drug-likeness (QED) is 0.750. The fourth-order valence-electron chi connectivity index (χ4n) is 2.85. The Kier molecular flexibility index (Phi) is 7.15. The van der Waals surface area contributed by atoms with Gasteiger partial charge in [-0.05, 0) is 25.2 Å². The van der Waals surface area contributed by atoms with E-state index in [2.05, 4.69) is 18.7 Å². The van der Waals surface area contributed by atoms with Gasteiger partial charge in [-0.25, -0.2) is 0 Å². The van der Waals surface area contributed by atoms with E-state index in [0.717, 1.165) is 24.9 Å². The number of likely N-dealkylation sites (tertiary alicyclic amines) is 1. The number of aliphatic hydroxyl groups is 1. The summed E-state index contributed by atoms with van der Waals surface area (Å²) in [5, 5.41) is 9.98. The summed E-state index contributed by atoms with van der Waals surface area (Å²) in [5.41, 5.74) is 0. The molecule has 1 N–H and O–H groups in total. The summed E-state index contributed by atoms with van der Waals surface area (Å²) in [6.45, 7) is 10.4. The van der Waals surface area contributed by atoms with Crippen molar-refractivity contribution in [3.8, 4) is 0 Å². The number of nitrogens with zero attached hydrogens (tertiary/aromatic N) is 1. The minimum atomic E-state index is -0.401. The van der Waals surface area contributed by atoms with Crippen molar-refractivity contribution in [1.29, 1.82) is 0 Å². The molecule has 4 heteroatoms. The van der Waals surface area contributed by atoms with Crippen LogP contribution in [0.2, 0.25) is 0 Å². The number of piperidine rings is 1. The number of hydrogen-bond donors (Lipinski definition) is 1. The number of aliphatic hydroxyl groups excluding tert-OH is 1. The third-order valence-electron chi connectivity index (χ3n) is 3.39. The van der Waals surface area contributed by atoms with Gasteiger partial charge in [0.05, 0.1) is 25.4 Å². The summed E-state index contributed by atoms with van der Waals surface area (Å²) in [4.78, 5) is 2.36. The first kappa shape index (κ1) is 15.9. The molecule has 4 nitrogen and oxygen atoms in total. The fraction of sp³-hybridized carbons (Fsp3) is 1.00. The number of methoxy groups -OCH3 is 1. The van der Waals surface area contributed by atoms with Crippen LogP contribution in [-0.2, 0) is 9.47 Å². The maximum absolute atomic E-state index is 9.98. The molecule has 4 atom stereocenters. The highest BCUT2D eigenvalue weighted by Crippen LogP contribution is 2.20. The van der Waals surface area contributed by atoms with Gasteiger partial charge in [-0.15, -0.1) is 0 Å². The largest absolute Gasteiger partial charge is 0.389 e. The van der Waals surface area contributed by atoms with Crippen LogP contribution >= 0.6 is 0 Å². The van der Waals surface area contributed by atoms with Crippen molar-refractivity contribution in [2.45, 2.75) is 39.4 Å². The highest BCUT2D eigenvalue weighted by atomic mass is 16.5. The van der Waals surface area contributed by atoms with Crippen molar-refractivity contribution >= 4 is 0 Å². The average molecular weight is 259 g/mol. The molecule has 0 bridgehead atoms. The Labute approximate surface area is 111 Å². The predicted octanol–water partition coefficient (Wildman–Crippen LogP) is 1.38. The molecule has 1 rings (SSSR count). The number of β-amino-alcohol motifs (C(OH)–C–C–N with tert-alkyl or cyclic N) is 1. The van der Waals surface area contributed by atoms with Crippen molar-refractivity contribution in [2.24, 2.45) is 11.8 Å². The Hall–Kier alpha value is -0.160. The van der Waals surface area contributed by atoms with Crippen LogP contribution in [0, 0.1) is 11.8 Å². The van der Waals surface area contributed by atoms with Crippen molar-refractivity contribution in [2.75, 3.05) is 40.0 Å². The molecule has 0 amide bonds. The van der Waals surface area contributed by atoms with Gasteiger partial charge < -0.3 is 19.5 Å². The molecule has 1 aliphatic rings. The molecule has 1 saturated heterocycles. The van der Waals surface area contributed by atoms with Gasteiger partial charge in [0.15, 0.2) is 0 Å². The zero-order chi connectivity index (χ0) is 13.5. The SMILES string of the molecule is COCC(C)OCC(O)CN1CC(C)CC(C)C1. The van der Waals surface area contributed by atoms with Crippen molar-refractivity contribution in [1.82, 2.24) is 4.90 Å². The average Bonchev–Trinajstić information content (AvgIpc) is 2.25. The van der Waals surface area contributed by atoms with Crippen LogP contribution in [-0.4, -0.2) is 62.2 Å². The van der Waals surface area contributed by atoms with E-state index in [9.17, 15) is 5.11 Å². The standard InChI is InChI=1S/C14H29NO3/c1-11-5-12(2)7-15(6-11)8-14(16)10-18-13(3)9-17-4/h11-14,16H,5-10H2,1-4H3. The Morgan fingerprint density at radius 3 is 2.39 bits per heavy atom. The topological polar surface area (TPSA) is 41.9 Å². The molecule has 1 fully saturated rings. The Balaban J connectivity index is 2.20. The Morgan fingerprint density at radius 1 is 1.22 bits per heavy atom. The van der Waals surface area contributed by atoms with Crippen LogP contribution in [0.3, 0.4) is 0 Å². The lowest BCUT2D eigenvalue weighted by Gasteiger charge is -2.36. The minimum Gasteiger partial charge on any atom is -0.389 e. The van der Waals surface area contributed by atoms with Gasteiger partial charge in [0.1, 0.15) is 0 Å². The highest BCUT2D eigenvalue weighted by molar-refractivity contribution is 4.76. The number of ether oxygens (including phenoxy) is 2. The van der Waals surface area contributed by atoms with Gasteiger partial charge in [0.25, 0.3) is 0 Å². The van der Waals surface area contributed by atoms with Crippen LogP contribution in [0.15, 0.2) is 0 Å². The molecule has 1 heterocycles. The number of rotatable bonds is 7. The molecule has 0 spiro atoms. The van der Waals surface area contributed by atoms with Crippen LogP contribution < -0.4 is 0 Å². The zero-order valence-electron chi connectivity index (χ0n) is 12.3. The molecular weight excluding hydrogens is 230 g/mol. The van der Waals surface area contributed by atoms with Gasteiger partial charge in [0, 0.05) is 26.7 Å². The minimum absolute atomic E-state index is 0.0452. The van der Waals surface area contributed by atoms with Gasteiger partial charge in [-0.1, -0.05) is 13.8 Å². The van der Waals surface area contributed by atoms with E-state index in [0.29, 0.717) is 19.8 Å². The van der Waals surface area contributed by atoms with Gasteiger partial charge in [0.2, 0.25) is 0 Å². The molecule has 0 aromatic rings. The smallest absolute Gasteiger partial charge is 0.0900 e. The normalized spacial score (nSPS) is 29.2. The fourth-order valence-corrected chi connectivity index (χ4v) is 2.85. The first-order chi connectivity index (χ1) is 8.51. The van der Waals surface area contributed by atoms with Crippen molar-refractivity contribution in [3.05, 3.63) is 0 Å². The molecule has 1 aliphatic heterocycles. The van der Waals surface area contributed by atoms with E-state index in [1.807, 2.05) is 6.92 Å². The lowest BCUT2D eigenvalue weighted by atomic mass is 9.92. The number of hydrogen-bond acceptors (Lipinski definition) is 4. The first-order valence-corrected chi connectivity index (χ1v) is 7.02. The zero-order valence-corrected chi connectivity index (χ0v) is 12.3. The molecule has 0 radical (unpaired) electrons. The molecule has 0 saturated carbocycles. The molecule has 0 aromatic carbocycles. The predicted molar refractivity (Wildman–Crippen MR) is 72.7 cm³/mol. The van der Waals surface area contributed by atoms with Crippen LogP contribution in [0.1, 0.15) is 27.2 Å². The monoisotopic (exact) mass is 259 g/mol. The summed E-state index contributed by atoms with van der Waals surface area (Å²) < 4.78 is 10.5. The summed E-state index contributed by atoms with van der Waals surface area (Å²) in [6, 6.07) is 0. The van der Waals surface area contributed by atoms with Gasteiger partial charge in [-0.2, -0.15) is 0 Å². The summed E-state index contributed by atoms with van der Waals surface area (Å²) in [5.74, 6) is 1.46. The summed E-state index contributed by atoms with van der Waals surface area (Å²) in [7, 11) is 1.66. The maximum Gasteiger partial charge on any atom is 0.0900 e. The van der Waals surface area contributed by atoms with Crippen LogP contribution in [0.5, 0.6) is 0 Å². The van der Waals surface area contributed by atoms with Gasteiger partial charge in [-0.3, -0.25) is 0 Å². The van der Waals surface area contributed by atoms with E-state index >= 15 is 0 Å². The molecular formula is C14H29NO3. The molecule has 108 valence electrons. The second-order valence-corrected chi connectivity index (χ2v) is 5.92. The third-order valence-corrected chi connectivity index (χ3v) is 3.39. The maximum atomic E-state index is 9.98. The highest BCUT2D eigenvalue weighted by Gasteiger charge is 2.23. The Morgan fingerprint density at radius 2 is 1.83 bits per heavy atom. The van der Waals surface area contributed by atoms with E-state index < -0.39 is 6.10 Å². The summed E-state index contributed by atoms with van der Waals surface area (Å²) in [6.07, 6.45) is 0.944. The Bertz CT molecular complexity index is 215. The van der Waals surface area contributed by atoms with Crippen LogP contribution in [0.25, 0.3) is 0 Å². The second kappa shape index (κ2) is 8.10. The molecule has 0 aromatic heterocycles. The van der Waals surface area contributed by atoms with E-state index in [1.54, 1.807) is 7.11 Å². The molecule has 0 aliphatic carbocycles. The van der Waals surface area contributed by atoms with E-state index in [4.69, 9.17) is 9.47 Å². The lowest BCUT2D eigenvalue weighted by molar-refractivity contribution is -0.0438. The molecule has 4 unspecified atom stereocenters. The summed E-state index contributed by atoms with van der Waals surface area (Å²) >= 11 is 0.